The van der Waals surface area contributed by atoms with E-state index in [1.54, 1.807) is 13.3 Å². The molecule has 7 nitrogen and oxygen atoms in total. The normalized spacial score (nSPS) is 14.5. The first-order valence-corrected chi connectivity index (χ1v) is 9.03. The van der Waals surface area contributed by atoms with Gasteiger partial charge >= 0.3 is 6.01 Å². The lowest BCUT2D eigenvalue weighted by Gasteiger charge is -2.15. The molecule has 1 aliphatic rings. The average Bonchev–Trinajstić information content (AvgIpc) is 3.16. The maximum atomic E-state index is 5.95. The fourth-order valence-electron chi connectivity index (χ4n) is 2.95. The van der Waals surface area contributed by atoms with Gasteiger partial charge in [-0.2, -0.15) is 4.98 Å². The van der Waals surface area contributed by atoms with Crippen LogP contribution in [0.4, 0.5) is 11.5 Å². The maximum absolute atomic E-state index is 5.95. The van der Waals surface area contributed by atoms with Crippen LogP contribution in [0.15, 0.2) is 30.5 Å². The molecule has 1 aromatic heterocycles. The Hall–Kier alpha value is -2.38. The van der Waals surface area contributed by atoms with E-state index in [4.69, 9.17) is 15.2 Å². The van der Waals surface area contributed by atoms with Crippen molar-refractivity contribution in [2.75, 3.05) is 44.5 Å². The SMILES string of the molecule is COCCOc1ncc(N)c(NCc2ccc(CN3CCCC3)cc2)n1. The van der Waals surface area contributed by atoms with Crippen molar-refractivity contribution in [1.29, 1.82) is 0 Å². The number of rotatable bonds is 9. The first-order chi connectivity index (χ1) is 12.7. The van der Waals surface area contributed by atoms with Crippen molar-refractivity contribution in [2.45, 2.75) is 25.9 Å². The van der Waals surface area contributed by atoms with E-state index in [1.165, 1.54) is 37.1 Å². The quantitative estimate of drug-likeness (QED) is 0.666. The van der Waals surface area contributed by atoms with Crippen molar-refractivity contribution in [1.82, 2.24) is 14.9 Å². The summed E-state index contributed by atoms with van der Waals surface area (Å²) < 4.78 is 10.4. The van der Waals surface area contributed by atoms with Gasteiger partial charge in [-0.05, 0) is 37.1 Å². The lowest BCUT2D eigenvalue weighted by Crippen LogP contribution is -2.18. The lowest BCUT2D eigenvalue weighted by molar-refractivity contribution is 0.141. The Morgan fingerprint density at radius 3 is 2.58 bits per heavy atom. The molecular weight excluding hydrogens is 330 g/mol. The predicted octanol–water partition coefficient (Wildman–Crippen LogP) is 2.29. The van der Waals surface area contributed by atoms with E-state index in [-0.39, 0.29) is 0 Å². The molecule has 0 atom stereocenters. The Balaban J connectivity index is 1.53. The molecule has 26 heavy (non-hydrogen) atoms. The Labute approximate surface area is 154 Å². The van der Waals surface area contributed by atoms with E-state index in [0.29, 0.717) is 37.3 Å². The highest BCUT2D eigenvalue weighted by molar-refractivity contribution is 5.60. The molecule has 0 spiro atoms. The summed E-state index contributed by atoms with van der Waals surface area (Å²) in [6.45, 7) is 4.99. The fraction of sp³-hybridized carbons (Fsp3) is 0.474. The van der Waals surface area contributed by atoms with Gasteiger partial charge < -0.3 is 20.5 Å². The zero-order chi connectivity index (χ0) is 18.2. The van der Waals surface area contributed by atoms with Crippen molar-refractivity contribution in [3.8, 4) is 6.01 Å². The summed E-state index contributed by atoms with van der Waals surface area (Å²) in [6.07, 6.45) is 4.19. The van der Waals surface area contributed by atoms with Crippen LogP contribution in [0.1, 0.15) is 24.0 Å². The molecule has 140 valence electrons. The van der Waals surface area contributed by atoms with Gasteiger partial charge in [-0.3, -0.25) is 4.90 Å². The zero-order valence-electron chi connectivity index (χ0n) is 15.3. The van der Waals surface area contributed by atoms with Crippen LogP contribution >= 0.6 is 0 Å². The second-order valence-corrected chi connectivity index (χ2v) is 6.45. The second kappa shape index (κ2) is 9.35. The van der Waals surface area contributed by atoms with E-state index in [1.807, 2.05) is 0 Å². The van der Waals surface area contributed by atoms with Gasteiger partial charge in [0.2, 0.25) is 0 Å². The first-order valence-electron chi connectivity index (χ1n) is 9.03. The van der Waals surface area contributed by atoms with Gasteiger partial charge in [-0.15, -0.1) is 0 Å². The number of hydrogen-bond acceptors (Lipinski definition) is 7. The highest BCUT2D eigenvalue weighted by atomic mass is 16.5. The van der Waals surface area contributed by atoms with Gasteiger partial charge in [-0.1, -0.05) is 24.3 Å². The summed E-state index contributed by atoms with van der Waals surface area (Å²) >= 11 is 0. The number of nitrogens with two attached hydrogens (primary N) is 1. The average molecular weight is 357 g/mol. The topological polar surface area (TPSA) is 85.5 Å². The monoisotopic (exact) mass is 357 g/mol. The third kappa shape index (κ3) is 5.31. The molecule has 1 fully saturated rings. The summed E-state index contributed by atoms with van der Waals surface area (Å²) in [5, 5.41) is 3.25. The summed E-state index contributed by atoms with van der Waals surface area (Å²) in [5.74, 6) is 0.577. The molecule has 0 unspecified atom stereocenters. The number of hydrogen-bond donors (Lipinski definition) is 2. The third-order valence-corrected chi connectivity index (χ3v) is 4.40. The minimum Gasteiger partial charge on any atom is -0.461 e. The van der Waals surface area contributed by atoms with Crippen LogP contribution in [-0.4, -0.2) is 48.3 Å². The van der Waals surface area contributed by atoms with Gasteiger partial charge in [0.05, 0.1) is 18.5 Å². The number of methoxy groups -OCH3 is 1. The second-order valence-electron chi connectivity index (χ2n) is 6.45. The van der Waals surface area contributed by atoms with Crippen LogP contribution in [0.25, 0.3) is 0 Å². The lowest BCUT2D eigenvalue weighted by atomic mass is 10.1. The molecule has 7 heteroatoms. The summed E-state index contributed by atoms with van der Waals surface area (Å²) in [5.41, 5.74) is 8.97. The minimum absolute atomic E-state index is 0.291. The fourth-order valence-corrected chi connectivity index (χ4v) is 2.95. The minimum atomic E-state index is 0.291. The molecular formula is C19H27N5O2. The summed E-state index contributed by atoms with van der Waals surface area (Å²) in [6, 6.07) is 8.97. The molecule has 0 radical (unpaired) electrons. The number of nitrogens with zero attached hydrogens (tertiary/aromatic N) is 3. The molecule has 1 aromatic carbocycles. The summed E-state index contributed by atoms with van der Waals surface area (Å²) in [4.78, 5) is 10.9. The smallest absolute Gasteiger partial charge is 0.318 e. The number of anilines is 2. The van der Waals surface area contributed by atoms with Gasteiger partial charge in [0, 0.05) is 20.2 Å². The van der Waals surface area contributed by atoms with Crippen molar-refractivity contribution in [3.05, 3.63) is 41.6 Å². The van der Waals surface area contributed by atoms with E-state index >= 15 is 0 Å². The predicted molar refractivity (Wildman–Crippen MR) is 102 cm³/mol. The van der Waals surface area contributed by atoms with E-state index in [9.17, 15) is 0 Å². The molecule has 0 bridgehead atoms. The molecule has 3 rings (SSSR count). The van der Waals surface area contributed by atoms with Crippen LogP contribution in [0.2, 0.25) is 0 Å². The highest BCUT2D eigenvalue weighted by Crippen LogP contribution is 2.18. The van der Waals surface area contributed by atoms with Gasteiger partial charge in [0.15, 0.2) is 5.82 Å². The van der Waals surface area contributed by atoms with E-state index in [0.717, 1.165) is 6.54 Å². The van der Waals surface area contributed by atoms with Crippen LogP contribution in [0.3, 0.4) is 0 Å². The number of benzene rings is 1. The number of likely N-dealkylation sites (tertiary alicyclic amines) is 1. The third-order valence-electron chi connectivity index (χ3n) is 4.40. The van der Waals surface area contributed by atoms with Crippen LogP contribution in [0, 0.1) is 0 Å². The molecule has 0 saturated carbocycles. The molecule has 3 N–H and O–H groups in total. The van der Waals surface area contributed by atoms with Crippen LogP contribution in [-0.2, 0) is 17.8 Å². The molecule has 2 aromatic rings. The highest BCUT2D eigenvalue weighted by Gasteiger charge is 2.11. The Morgan fingerprint density at radius 1 is 1.12 bits per heavy atom. The largest absolute Gasteiger partial charge is 0.461 e. The standard InChI is InChI=1S/C19H27N5O2/c1-25-10-11-26-19-22-13-17(20)18(23-19)21-12-15-4-6-16(7-5-15)14-24-8-2-3-9-24/h4-7,13H,2-3,8-12,14,20H2,1H3,(H,21,22,23). The number of nitrogens with one attached hydrogen (secondary N) is 1. The molecule has 0 amide bonds. The molecule has 0 aliphatic carbocycles. The Kier molecular flexibility index (Phi) is 6.62. The van der Waals surface area contributed by atoms with E-state index < -0.39 is 0 Å². The van der Waals surface area contributed by atoms with E-state index in [2.05, 4.69) is 44.5 Å². The van der Waals surface area contributed by atoms with Crippen molar-refractivity contribution >= 4 is 11.5 Å². The van der Waals surface area contributed by atoms with Gasteiger partial charge in [-0.25, -0.2) is 4.98 Å². The van der Waals surface area contributed by atoms with Crippen LogP contribution in [0.5, 0.6) is 6.01 Å². The summed E-state index contributed by atoms with van der Waals surface area (Å²) in [7, 11) is 1.62. The zero-order valence-corrected chi connectivity index (χ0v) is 15.3. The molecule has 1 saturated heterocycles. The van der Waals surface area contributed by atoms with Gasteiger partial charge in [0.25, 0.3) is 0 Å². The van der Waals surface area contributed by atoms with Crippen LogP contribution < -0.4 is 15.8 Å². The number of ether oxygens (including phenoxy) is 2. The van der Waals surface area contributed by atoms with Crippen molar-refractivity contribution in [3.63, 3.8) is 0 Å². The number of nitrogen functional groups attached to an aromatic ring is 1. The Morgan fingerprint density at radius 2 is 1.85 bits per heavy atom. The first kappa shape index (κ1) is 18.4. The van der Waals surface area contributed by atoms with Gasteiger partial charge in [0.1, 0.15) is 6.61 Å². The number of aromatic nitrogens is 2. The molecule has 2 heterocycles. The van der Waals surface area contributed by atoms with Crippen molar-refractivity contribution < 1.29 is 9.47 Å². The molecule has 1 aliphatic heterocycles. The Bertz CT molecular complexity index is 687. The maximum Gasteiger partial charge on any atom is 0.318 e. The van der Waals surface area contributed by atoms with Crippen molar-refractivity contribution in [2.24, 2.45) is 0 Å².